The first-order valence-electron chi connectivity index (χ1n) is 12.0. The summed E-state index contributed by atoms with van der Waals surface area (Å²) in [6.45, 7) is 5.21. The van der Waals surface area contributed by atoms with Gasteiger partial charge in [-0.2, -0.15) is 0 Å². The van der Waals surface area contributed by atoms with Crippen molar-refractivity contribution >= 4 is 11.7 Å². The summed E-state index contributed by atoms with van der Waals surface area (Å²) in [6.07, 6.45) is 6.35. The summed E-state index contributed by atoms with van der Waals surface area (Å²) in [5.74, 6) is 0.662. The van der Waals surface area contributed by atoms with Gasteiger partial charge in [0.2, 0.25) is 0 Å². The molecule has 2 heterocycles. The standard InChI is InChI=1S/C28H33N5O/c1-26(2)19-27(32(3)4,22-13-9-6-10-14-22)15-16-28(26)20-33(25(34)31-28)23-17-29-24(30-18-23)21-11-7-5-8-12-21/h5-14,17-18H,15-16,19-20H2,1-4H3,(H,31,34)/t27-,28-/m0/s1. The summed E-state index contributed by atoms with van der Waals surface area (Å²) < 4.78 is 0. The third kappa shape index (κ3) is 3.57. The number of nitrogens with zero attached hydrogens (tertiary/aromatic N) is 4. The van der Waals surface area contributed by atoms with Crippen LogP contribution in [-0.2, 0) is 5.54 Å². The summed E-state index contributed by atoms with van der Waals surface area (Å²) in [6, 6.07) is 20.6. The molecule has 2 fully saturated rings. The Morgan fingerprint density at radius 3 is 2.12 bits per heavy atom. The second-order valence-corrected chi connectivity index (χ2v) is 10.6. The monoisotopic (exact) mass is 455 g/mol. The number of anilines is 1. The van der Waals surface area contributed by atoms with Gasteiger partial charge < -0.3 is 5.32 Å². The largest absolute Gasteiger partial charge is 0.330 e. The van der Waals surface area contributed by atoms with Gasteiger partial charge in [0.05, 0.1) is 30.2 Å². The van der Waals surface area contributed by atoms with E-state index < -0.39 is 0 Å². The molecule has 2 aromatic carbocycles. The second-order valence-electron chi connectivity index (χ2n) is 10.6. The van der Waals surface area contributed by atoms with Crippen LogP contribution < -0.4 is 10.2 Å². The van der Waals surface area contributed by atoms with Crippen LogP contribution in [0.25, 0.3) is 11.4 Å². The summed E-state index contributed by atoms with van der Waals surface area (Å²) in [7, 11) is 4.35. The molecule has 1 aliphatic carbocycles. The van der Waals surface area contributed by atoms with Crippen LogP contribution in [-0.4, -0.2) is 47.1 Å². The van der Waals surface area contributed by atoms with Gasteiger partial charge in [0.15, 0.2) is 5.82 Å². The molecular formula is C28H33N5O. The van der Waals surface area contributed by atoms with E-state index in [4.69, 9.17) is 0 Å². The van der Waals surface area contributed by atoms with E-state index in [1.807, 2.05) is 35.2 Å². The van der Waals surface area contributed by atoms with E-state index in [0.717, 1.165) is 30.5 Å². The molecule has 1 saturated carbocycles. The first kappa shape index (κ1) is 22.5. The predicted octanol–water partition coefficient (Wildman–Crippen LogP) is 5.08. The van der Waals surface area contributed by atoms with Crippen LogP contribution in [0.15, 0.2) is 73.1 Å². The van der Waals surface area contributed by atoms with Crippen molar-refractivity contribution in [3.8, 4) is 11.4 Å². The first-order valence-corrected chi connectivity index (χ1v) is 12.0. The molecule has 34 heavy (non-hydrogen) atoms. The minimum absolute atomic E-state index is 0.0609. The van der Waals surface area contributed by atoms with Crippen LogP contribution in [0.2, 0.25) is 0 Å². The highest BCUT2D eigenvalue weighted by Gasteiger charge is 2.59. The fourth-order valence-electron chi connectivity index (χ4n) is 5.97. The van der Waals surface area contributed by atoms with E-state index in [-0.39, 0.29) is 22.5 Å². The predicted molar refractivity (Wildman–Crippen MR) is 136 cm³/mol. The van der Waals surface area contributed by atoms with Crippen LogP contribution in [0, 0.1) is 5.41 Å². The van der Waals surface area contributed by atoms with E-state index in [1.165, 1.54) is 5.56 Å². The number of amides is 2. The maximum absolute atomic E-state index is 13.2. The van der Waals surface area contributed by atoms with Crippen LogP contribution >= 0.6 is 0 Å². The number of benzene rings is 2. The highest BCUT2D eigenvalue weighted by atomic mass is 16.2. The lowest BCUT2D eigenvalue weighted by Gasteiger charge is -2.57. The van der Waals surface area contributed by atoms with E-state index in [0.29, 0.717) is 12.4 Å². The van der Waals surface area contributed by atoms with Crippen molar-refractivity contribution in [2.24, 2.45) is 5.41 Å². The number of urea groups is 1. The SMILES string of the molecule is CN(C)[C@@]1(c2ccccc2)CC[C@]2(CN(c3cnc(-c4ccccc4)nc3)C(=O)N2)C(C)(C)C1. The summed E-state index contributed by atoms with van der Waals surface area (Å²) in [5, 5.41) is 3.40. The van der Waals surface area contributed by atoms with E-state index >= 15 is 0 Å². The average molecular weight is 456 g/mol. The number of nitrogens with one attached hydrogen (secondary N) is 1. The van der Waals surface area contributed by atoms with Crippen molar-refractivity contribution in [1.82, 2.24) is 20.2 Å². The van der Waals surface area contributed by atoms with Gasteiger partial charge in [-0.15, -0.1) is 0 Å². The number of hydrogen-bond donors (Lipinski definition) is 1. The van der Waals surface area contributed by atoms with Gasteiger partial charge in [-0.1, -0.05) is 74.5 Å². The third-order valence-corrected chi connectivity index (χ3v) is 8.16. The van der Waals surface area contributed by atoms with Crippen molar-refractivity contribution in [3.05, 3.63) is 78.6 Å². The highest BCUT2D eigenvalue weighted by Crippen LogP contribution is 2.55. The Hall–Kier alpha value is -3.25. The average Bonchev–Trinajstić information content (AvgIpc) is 3.20. The minimum atomic E-state index is -0.309. The molecule has 2 atom stereocenters. The molecule has 3 aromatic rings. The van der Waals surface area contributed by atoms with Crippen molar-refractivity contribution in [2.75, 3.05) is 25.5 Å². The minimum Gasteiger partial charge on any atom is -0.330 e. The summed E-state index contributed by atoms with van der Waals surface area (Å²) in [5.41, 5.74) is 2.54. The Bertz CT molecular complexity index is 1160. The van der Waals surface area contributed by atoms with Crippen LogP contribution in [0.1, 0.15) is 38.7 Å². The zero-order valence-electron chi connectivity index (χ0n) is 20.5. The topological polar surface area (TPSA) is 61.4 Å². The Balaban J connectivity index is 1.41. The second kappa shape index (κ2) is 8.20. The Morgan fingerprint density at radius 1 is 0.912 bits per heavy atom. The molecular weight excluding hydrogens is 422 g/mol. The molecule has 1 saturated heterocycles. The molecule has 2 aliphatic rings. The lowest BCUT2D eigenvalue weighted by atomic mass is 9.56. The Labute approximate surface area is 202 Å². The zero-order valence-corrected chi connectivity index (χ0v) is 20.5. The van der Waals surface area contributed by atoms with Crippen molar-refractivity contribution < 1.29 is 4.79 Å². The number of carbonyl (C=O) groups excluding carboxylic acids is 1. The van der Waals surface area contributed by atoms with Crippen molar-refractivity contribution in [1.29, 1.82) is 0 Å². The summed E-state index contributed by atoms with van der Waals surface area (Å²) in [4.78, 5) is 26.5. The van der Waals surface area contributed by atoms with Crippen LogP contribution in [0.3, 0.4) is 0 Å². The molecule has 0 unspecified atom stereocenters. The molecule has 5 rings (SSSR count). The normalized spacial score (nSPS) is 26.1. The molecule has 6 nitrogen and oxygen atoms in total. The zero-order chi connectivity index (χ0) is 24.0. The van der Waals surface area contributed by atoms with Gasteiger partial charge in [-0.3, -0.25) is 9.80 Å². The van der Waals surface area contributed by atoms with Gasteiger partial charge in [0.25, 0.3) is 0 Å². The quantitative estimate of drug-likeness (QED) is 0.596. The Kier molecular flexibility index (Phi) is 5.44. The molecule has 2 amide bonds. The smallest absolute Gasteiger partial charge is 0.322 e. The van der Waals surface area contributed by atoms with Crippen molar-refractivity contribution in [3.63, 3.8) is 0 Å². The molecule has 1 aliphatic heterocycles. The van der Waals surface area contributed by atoms with E-state index in [2.05, 4.69) is 78.5 Å². The van der Waals surface area contributed by atoms with Gasteiger partial charge >= 0.3 is 6.03 Å². The number of hydrogen-bond acceptors (Lipinski definition) is 4. The van der Waals surface area contributed by atoms with Crippen molar-refractivity contribution in [2.45, 2.75) is 44.2 Å². The fourth-order valence-corrected chi connectivity index (χ4v) is 5.97. The molecule has 1 spiro atoms. The van der Waals surface area contributed by atoms with Gasteiger partial charge in [-0.05, 0) is 44.3 Å². The highest BCUT2D eigenvalue weighted by molar-refractivity contribution is 5.95. The first-order chi connectivity index (χ1) is 16.3. The third-order valence-electron chi connectivity index (χ3n) is 8.16. The molecule has 1 aromatic heterocycles. The number of rotatable bonds is 4. The van der Waals surface area contributed by atoms with E-state index in [9.17, 15) is 4.79 Å². The fraction of sp³-hybridized carbons (Fsp3) is 0.393. The van der Waals surface area contributed by atoms with Gasteiger partial charge in [0.1, 0.15) is 0 Å². The maximum atomic E-state index is 13.2. The van der Waals surface area contributed by atoms with E-state index in [1.54, 1.807) is 12.4 Å². The number of carbonyl (C=O) groups is 1. The van der Waals surface area contributed by atoms with Gasteiger partial charge in [-0.25, -0.2) is 14.8 Å². The maximum Gasteiger partial charge on any atom is 0.322 e. The molecule has 0 radical (unpaired) electrons. The molecule has 0 bridgehead atoms. The lowest BCUT2D eigenvalue weighted by molar-refractivity contribution is -0.0226. The number of aromatic nitrogens is 2. The summed E-state index contributed by atoms with van der Waals surface area (Å²) >= 11 is 0. The molecule has 6 heteroatoms. The molecule has 176 valence electrons. The van der Waals surface area contributed by atoms with Gasteiger partial charge in [0, 0.05) is 11.1 Å². The Morgan fingerprint density at radius 2 is 1.53 bits per heavy atom. The van der Waals surface area contributed by atoms with Crippen LogP contribution in [0.5, 0.6) is 0 Å². The molecule has 1 N–H and O–H groups in total. The lowest BCUT2D eigenvalue weighted by Crippen LogP contribution is -2.63. The van der Waals surface area contributed by atoms with Crippen LogP contribution in [0.4, 0.5) is 10.5 Å².